The maximum Gasteiger partial charge on any atom is 0.336 e. The summed E-state index contributed by atoms with van der Waals surface area (Å²) in [5.74, 6) is 0.0835. The van der Waals surface area contributed by atoms with E-state index in [-0.39, 0.29) is 12.4 Å². The lowest BCUT2D eigenvalue weighted by molar-refractivity contribution is 0.271. The molecule has 0 amide bonds. The standard InChI is InChI=1S/C16H21NO4/c1-17(7-3-2-4-8-18)11-12-9-16(20)21-15-10-13(19)5-6-14(12)15/h5-6,9-10,18-19H,2-4,7-8,11H2,1H3. The summed E-state index contributed by atoms with van der Waals surface area (Å²) in [5, 5.41) is 19.1. The Hall–Kier alpha value is -1.85. The average Bonchev–Trinajstić information content (AvgIpc) is 2.43. The van der Waals surface area contributed by atoms with Crippen molar-refractivity contribution in [2.45, 2.75) is 25.8 Å². The van der Waals surface area contributed by atoms with E-state index in [1.54, 1.807) is 12.1 Å². The van der Waals surface area contributed by atoms with Crippen LogP contribution in [0.2, 0.25) is 0 Å². The van der Waals surface area contributed by atoms with Crippen molar-refractivity contribution >= 4 is 11.0 Å². The Bertz CT molecular complexity index is 650. The Morgan fingerprint density at radius 2 is 2.00 bits per heavy atom. The van der Waals surface area contributed by atoms with Crippen LogP contribution in [0, 0.1) is 0 Å². The van der Waals surface area contributed by atoms with Crippen LogP contribution in [0.25, 0.3) is 11.0 Å². The largest absolute Gasteiger partial charge is 0.508 e. The molecule has 2 N–H and O–H groups in total. The maximum absolute atomic E-state index is 11.6. The molecule has 0 bridgehead atoms. The molecule has 0 aliphatic heterocycles. The number of phenolic OH excluding ortho intramolecular Hbond substituents is 1. The third-order valence-electron chi connectivity index (χ3n) is 3.45. The summed E-state index contributed by atoms with van der Waals surface area (Å²) in [6.07, 6.45) is 2.83. The van der Waals surface area contributed by atoms with Crippen molar-refractivity contribution in [3.05, 3.63) is 40.2 Å². The van der Waals surface area contributed by atoms with Gasteiger partial charge in [-0.1, -0.05) is 0 Å². The third kappa shape index (κ3) is 4.31. The van der Waals surface area contributed by atoms with Crippen LogP contribution in [-0.4, -0.2) is 35.3 Å². The fourth-order valence-electron chi connectivity index (χ4n) is 2.39. The molecule has 114 valence electrons. The number of hydrogen-bond donors (Lipinski definition) is 2. The molecule has 0 unspecified atom stereocenters. The van der Waals surface area contributed by atoms with Crippen LogP contribution in [-0.2, 0) is 6.54 Å². The zero-order valence-corrected chi connectivity index (χ0v) is 12.2. The normalized spacial score (nSPS) is 11.4. The van der Waals surface area contributed by atoms with Crippen molar-refractivity contribution in [2.75, 3.05) is 20.2 Å². The van der Waals surface area contributed by atoms with Crippen molar-refractivity contribution in [1.29, 1.82) is 0 Å². The van der Waals surface area contributed by atoms with E-state index in [4.69, 9.17) is 9.52 Å². The van der Waals surface area contributed by atoms with Crippen LogP contribution in [0.15, 0.2) is 33.5 Å². The zero-order chi connectivity index (χ0) is 15.2. The molecule has 0 atom stereocenters. The maximum atomic E-state index is 11.6. The highest BCUT2D eigenvalue weighted by atomic mass is 16.4. The number of hydrogen-bond acceptors (Lipinski definition) is 5. The Balaban J connectivity index is 2.12. The summed E-state index contributed by atoms with van der Waals surface area (Å²) >= 11 is 0. The third-order valence-corrected chi connectivity index (χ3v) is 3.45. The van der Waals surface area contributed by atoms with Crippen molar-refractivity contribution < 1.29 is 14.6 Å². The van der Waals surface area contributed by atoms with E-state index < -0.39 is 5.63 Å². The number of aromatic hydroxyl groups is 1. The van der Waals surface area contributed by atoms with Crippen LogP contribution in [0.3, 0.4) is 0 Å². The van der Waals surface area contributed by atoms with Crippen molar-refractivity contribution in [3.8, 4) is 5.75 Å². The van der Waals surface area contributed by atoms with Crippen molar-refractivity contribution in [2.24, 2.45) is 0 Å². The Morgan fingerprint density at radius 3 is 2.76 bits per heavy atom. The highest BCUT2D eigenvalue weighted by molar-refractivity contribution is 5.81. The predicted molar refractivity (Wildman–Crippen MR) is 81.4 cm³/mol. The first kappa shape index (κ1) is 15.5. The summed E-state index contributed by atoms with van der Waals surface area (Å²) < 4.78 is 5.12. The molecule has 0 saturated heterocycles. The lowest BCUT2D eigenvalue weighted by atomic mass is 10.1. The fourth-order valence-corrected chi connectivity index (χ4v) is 2.39. The number of nitrogens with zero attached hydrogens (tertiary/aromatic N) is 1. The first-order valence-electron chi connectivity index (χ1n) is 7.15. The lowest BCUT2D eigenvalue weighted by Gasteiger charge is -2.17. The quantitative estimate of drug-likeness (QED) is 0.603. The van der Waals surface area contributed by atoms with E-state index in [2.05, 4.69) is 4.90 Å². The van der Waals surface area contributed by atoms with E-state index in [1.165, 1.54) is 12.1 Å². The van der Waals surface area contributed by atoms with E-state index in [1.807, 2.05) is 7.05 Å². The molecule has 1 aromatic carbocycles. The summed E-state index contributed by atoms with van der Waals surface area (Å²) in [7, 11) is 2.00. The van der Waals surface area contributed by atoms with Gasteiger partial charge in [0, 0.05) is 30.7 Å². The monoisotopic (exact) mass is 291 g/mol. The topological polar surface area (TPSA) is 73.9 Å². The highest BCUT2D eigenvalue weighted by Gasteiger charge is 2.08. The smallest absolute Gasteiger partial charge is 0.336 e. The summed E-state index contributed by atoms with van der Waals surface area (Å²) in [4.78, 5) is 13.7. The summed E-state index contributed by atoms with van der Waals surface area (Å²) in [5.41, 5.74) is 0.897. The van der Waals surface area contributed by atoms with Gasteiger partial charge in [0.1, 0.15) is 11.3 Å². The second-order valence-corrected chi connectivity index (χ2v) is 5.29. The first-order valence-corrected chi connectivity index (χ1v) is 7.15. The van der Waals surface area contributed by atoms with Gasteiger partial charge in [0.15, 0.2) is 0 Å². The van der Waals surface area contributed by atoms with Gasteiger partial charge in [-0.15, -0.1) is 0 Å². The van der Waals surface area contributed by atoms with Gasteiger partial charge < -0.3 is 19.5 Å². The van der Waals surface area contributed by atoms with Gasteiger partial charge in [0.2, 0.25) is 0 Å². The highest BCUT2D eigenvalue weighted by Crippen LogP contribution is 2.22. The molecule has 5 nitrogen and oxygen atoms in total. The van der Waals surface area contributed by atoms with E-state index >= 15 is 0 Å². The molecule has 2 aromatic rings. The van der Waals surface area contributed by atoms with E-state index in [9.17, 15) is 9.90 Å². The molecule has 1 aromatic heterocycles. The molecule has 1 heterocycles. The second-order valence-electron chi connectivity index (χ2n) is 5.29. The number of unbranched alkanes of at least 4 members (excludes halogenated alkanes) is 2. The van der Waals surface area contributed by atoms with Gasteiger partial charge in [-0.25, -0.2) is 4.79 Å². The molecule has 2 rings (SSSR count). The minimum atomic E-state index is -0.406. The van der Waals surface area contributed by atoms with Crippen molar-refractivity contribution in [3.63, 3.8) is 0 Å². The number of aliphatic hydroxyl groups excluding tert-OH is 1. The van der Waals surface area contributed by atoms with Crippen LogP contribution < -0.4 is 5.63 Å². The summed E-state index contributed by atoms with van der Waals surface area (Å²) in [6, 6.07) is 6.32. The first-order chi connectivity index (χ1) is 10.1. The van der Waals surface area contributed by atoms with E-state index in [0.29, 0.717) is 12.1 Å². The predicted octanol–water partition coefficient (Wildman–Crippen LogP) is 2.09. The van der Waals surface area contributed by atoms with Crippen LogP contribution in [0.5, 0.6) is 5.75 Å². The SMILES string of the molecule is CN(CCCCCO)Cc1cc(=O)oc2cc(O)ccc12. The average molecular weight is 291 g/mol. The Labute approximate surface area is 123 Å². The molecular weight excluding hydrogens is 270 g/mol. The molecule has 0 spiro atoms. The number of phenols is 1. The minimum Gasteiger partial charge on any atom is -0.508 e. The molecular formula is C16H21NO4. The summed E-state index contributed by atoms with van der Waals surface area (Å²) in [6.45, 7) is 1.78. The zero-order valence-electron chi connectivity index (χ0n) is 12.2. The number of fused-ring (bicyclic) bond motifs is 1. The molecule has 0 fully saturated rings. The molecule has 0 radical (unpaired) electrons. The number of aliphatic hydroxyl groups is 1. The van der Waals surface area contributed by atoms with E-state index in [0.717, 1.165) is 36.8 Å². The molecule has 0 aliphatic carbocycles. The van der Waals surface area contributed by atoms with Gasteiger partial charge >= 0.3 is 5.63 Å². The van der Waals surface area contributed by atoms with Gasteiger partial charge in [-0.2, -0.15) is 0 Å². The van der Waals surface area contributed by atoms with Crippen LogP contribution in [0.1, 0.15) is 24.8 Å². The Kier molecular flexibility index (Phi) is 5.36. The van der Waals surface area contributed by atoms with Gasteiger partial charge in [-0.3, -0.25) is 0 Å². The van der Waals surface area contributed by atoms with Crippen LogP contribution in [0.4, 0.5) is 0 Å². The lowest BCUT2D eigenvalue weighted by Crippen LogP contribution is -2.20. The second kappa shape index (κ2) is 7.24. The van der Waals surface area contributed by atoms with Crippen molar-refractivity contribution in [1.82, 2.24) is 4.90 Å². The molecule has 5 heteroatoms. The molecule has 21 heavy (non-hydrogen) atoms. The minimum absolute atomic E-state index is 0.0835. The van der Waals surface area contributed by atoms with Gasteiger partial charge in [0.05, 0.1) is 0 Å². The van der Waals surface area contributed by atoms with Gasteiger partial charge in [-0.05, 0) is 50.6 Å². The number of rotatable bonds is 7. The fraction of sp³-hybridized carbons (Fsp3) is 0.438. The molecule has 0 saturated carbocycles. The molecule has 0 aliphatic rings. The van der Waals surface area contributed by atoms with Crippen LogP contribution >= 0.6 is 0 Å². The Morgan fingerprint density at radius 1 is 1.19 bits per heavy atom. The number of benzene rings is 1. The van der Waals surface area contributed by atoms with Gasteiger partial charge in [0.25, 0.3) is 0 Å².